The minimum Gasteiger partial charge on any atom is -0.493 e. The largest absolute Gasteiger partial charge is 0.493 e. The number of methoxy groups -OCH3 is 2. The van der Waals surface area contributed by atoms with Crippen molar-refractivity contribution >= 4 is 0 Å². The van der Waals surface area contributed by atoms with Gasteiger partial charge in [-0.3, -0.25) is 0 Å². The first-order valence-corrected chi connectivity index (χ1v) is 4.54. The SMILES string of the molecule is COc1ccc(C[CH]CN)cc1OC. The molecule has 1 aromatic carbocycles. The first-order chi connectivity index (χ1) is 6.81. The summed E-state index contributed by atoms with van der Waals surface area (Å²) in [6.07, 6.45) is 2.87. The summed E-state index contributed by atoms with van der Waals surface area (Å²) in [5.41, 5.74) is 6.57. The summed E-state index contributed by atoms with van der Waals surface area (Å²) < 4.78 is 10.3. The molecule has 0 saturated carbocycles. The van der Waals surface area contributed by atoms with E-state index in [9.17, 15) is 0 Å². The Morgan fingerprint density at radius 3 is 2.50 bits per heavy atom. The van der Waals surface area contributed by atoms with Crippen molar-refractivity contribution in [2.24, 2.45) is 5.73 Å². The summed E-state index contributed by atoms with van der Waals surface area (Å²) in [6.45, 7) is 0.592. The van der Waals surface area contributed by atoms with Crippen LogP contribution in [0.1, 0.15) is 5.56 Å². The van der Waals surface area contributed by atoms with E-state index in [2.05, 4.69) is 0 Å². The van der Waals surface area contributed by atoms with Crippen LogP contribution in [0.3, 0.4) is 0 Å². The van der Waals surface area contributed by atoms with Gasteiger partial charge < -0.3 is 15.2 Å². The summed E-state index contributed by atoms with van der Waals surface area (Å²) in [6, 6.07) is 5.87. The quantitative estimate of drug-likeness (QED) is 0.770. The van der Waals surface area contributed by atoms with Gasteiger partial charge in [-0.25, -0.2) is 0 Å². The molecule has 0 amide bonds. The second-order valence-corrected chi connectivity index (χ2v) is 2.92. The van der Waals surface area contributed by atoms with Gasteiger partial charge in [-0.05, 0) is 37.1 Å². The highest BCUT2D eigenvalue weighted by atomic mass is 16.5. The number of ether oxygens (including phenoxy) is 2. The summed E-state index contributed by atoms with van der Waals surface area (Å²) in [4.78, 5) is 0. The van der Waals surface area contributed by atoms with Crippen LogP contribution >= 0.6 is 0 Å². The number of benzene rings is 1. The monoisotopic (exact) mass is 194 g/mol. The molecule has 0 aliphatic heterocycles. The topological polar surface area (TPSA) is 44.5 Å². The maximum absolute atomic E-state index is 5.39. The summed E-state index contributed by atoms with van der Waals surface area (Å²) >= 11 is 0. The van der Waals surface area contributed by atoms with Gasteiger partial charge in [0.15, 0.2) is 11.5 Å². The Bertz CT molecular complexity index is 287. The summed E-state index contributed by atoms with van der Waals surface area (Å²) in [5, 5.41) is 0. The van der Waals surface area contributed by atoms with Crippen LogP contribution in [0.5, 0.6) is 11.5 Å². The van der Waals surface area contributed by atoms with Crippen LogP contribution in [0.2, 0.25) is 0 Å². The molecule has 0 fully saturated rings. The van der Waals surface area contributed by atoms with E-state index < -0.39 is 0 Å². The zero-order chi connectivity index (χ0) is 10.4. The van der Waals surface area contributed by atoms with Gasteiger partial charge in [-0.15, -0.1) is 0 Å². The molecular weight excluding hydrogens is 178 g/mol. The zero-order valence-electron chi connectivity index (χ0n) is 8.62. The fourth-order valence-electron chi connectivity index (χ4n) is 1.26. The fourth-order valence-corrected chi connectivity index (χ4v) is 1.26. The van der Waals surface area contributed by atoms with Gasteiger partial charge >= 0.3 is 0 Å². The molecule has 77 valence electrons. The van der Waals surface area contributed by atoms with Crippen LogP contribution in [-0.4, -0.2) is 20.8 Å². The molecule has 0 aliphatic rings. The molecule has 0 aliphatic carbocycles. The highest BCUT2D eigenvalue weighted by Gasteiger charge is 2.03. The lowest BCUT2D eigenvalue weighted by Crippen LogP contribution is -2.01. The van der Waals surface area contributed by atoms with Crippen LogP contribution in [0, 0.1) is 6.42 Å². The lowest BCUT2D eigenvalue weighted by atomic mass is 10.1. The normalized spacial score (nSPS) is 9.93. The second kappa shape index (κ2) is 5.50. The number of hydrogen-bond acceptors (Lipinski definition) is 3. The van der Waals surface area contributed by atoms with Crippen LogP contribution in [-0.2, 0) is 6.42 Å². The van der Waals surface area contributed by atoms with Gasteiger partial charge in [0.25, 0.3) is 0 Å². The Morgan fingerprint density at radius 2 is 1.93 bits per heavy atom. The van der Waals surface area contributed by atoms with E-state index in [4.69, 9.17) is 15.2 Å². The molecule has 1 rings (SSSR count). The Balaban J connectivity index is 2.79. The number of hydrogen-bond donors (Lipinski definition) is 1. The predicted molar refractivity (Wildman–Crippen MR) is 56.6 cm³/mol. The van der Waals surface area contributed by atoms with Crippen LogP contribution < -0.4 is 15.2 Å². The van der Waals surface area contributed by atoms with Crippen molar-refractivity contribution in [2.75, 3.05) is 20.8 Å². The van der Waals surface area contributed by atoms with Crippen molar-refractivity contribution in [1.82, 2.24) is 0 Å². The van der Waals surface area contributed by atoms with Crippen LogP contribution in [0.15, 0.2) is 18.2 Å². The average molecular weight is 194 g/mol. The summed E-state index contributed by atoms with van der Waals surface area (Å²) in [5.74, 6) is 1.51. The second-order valence-electron chi connectivity index (χ2n) is 2.92. The molecule has 1 aromatic rings. The van der Waals surface area contributed by atoms with Crippen molar-refractivity contribution in [3.63, 3.8) is 0 Å². The molecule has 0 saturated heterocycles. The molecule has 3 heteroatoms. The van der Waals surface area contributed by atoms with Crippen LogP contribution in [0.4, 0.5) is 0 Å². The molecule has 14 heavy (non-hydrogen) atoms. The van der Waals surface area contributed by atoms with E-state index in [0.29, 0.717) is 6.54 Å². The molecule has 0 unspecified atom stereocenters. The Labute approximate surface area is 84.8 Å². The molecule has 0 spiro atoms. The lowest BCUT2D eigenvalue weighted by molar-refractivity contribution is 0.354. The van der Waals surface area contributed by atoms with Crippen molar-refractivity contribution < 1.29 is 9.47 Å². The van der Waals surface area contributed by atoms with E-state index in [1.807, 2.05) is 24.6 Å². The molecule has 0 bridgehead atoms. The first kappa shape index (κ1) is 10.9. The predicted octanol–water partition coefficient (Wildman–Crippen LogP) is 1.41. The van der Waals surface area contributed by atoms with E-state index >= 15 is 0 Å². The Hall–Kier alpha value is -1.22. The van der Waals surface area contributed by atoms with Crippen molar-refractivity contribution in [3.05, 3.63) is 30.2 Å². The molecule has 0 aromatic heterocycles. The first-order valence-electron chi connectivity index (χ1n) is 4.54. The molecule has 0 heterocycles. The zero-order valence-corrected chi connectivity index (χ0v) is 8.62. The standard InChI is InChI=1S/C11H16NO2/c1-13-10-6-5-9(4-3-7-12)8-11(10)14-2/h3,5-6,8H,4,7,12H2,1-2H3. The maximum Gasteiger partial charge on any atom is 0.160 e. The van der Waals surface area contributed by atoms with Gasteiger partial charge in [0.1, 0.15) is 0 Å². The van der Waals surface area contributed by atoms with Crippen molar-refractivity contribution in [2.45, 2.75) is 6.42 Å². The van der Waals surface area contributed by atoms with E-state index in [0.717, 1.165) is 17.9 Å². The fraction of sp³-hybridized carbons (Fsp3) is 0.364. The van der Waals surface area contributed by atoms with Gasteiger partial charge in [0.05, 0.1) is 14.2 Å². The smallest absolute Gasteiger partial charge is 0.160 e. The molecule has 1 radical (unpaired) electrons. The van der Waals surface area contributed by atoms with Gasteiger partial charge in [0, 0.05) is 0 Å². The number of rotatable bonds is 5. The highest BCUT2D eigenvalue weighted by Crippen LogP contribution is 2.27. The Kier molecular flexibility index (Phi) is 4.26. The van der Waals surface area contributed by atoms with E-state index in [-0.39, 0.29) is 0 Å². The van der Waals surface area contributed by atoms with Crippen molar-refractivity contribution in [1.29, 1.82) is 0 Å². The van der Waals surface area contributed by atoms with Crippen molar-refractivity contribution in [3.8, 4) is 11.5 Å². The third kappa shape index (κ3) is 2.64. The molecular formula is C11H16NO2. The highest BCUT2D eigenvalue weighted by molar-refractivity contribution is 5.43. The van der Waals surface area contributed by atoms with Gasteiger partial charge in [-0.2, -0.15) is 0 Å². The van der Waals surface area contributed by atoms with E-state index in [1.54, 1.807) is 14.2 Å². The number of nitrogens with two attached hydrogens (primary N) is 1. The Morgan fingerprint density at radius 1 is 1.21 bits per heavy atom. The van der Waals surface area contributed by atoms with E-state index in [1.165, 1.54) is 5.56 Å². The third-order valence-corrected chi connectivity index (χ3v) is 1.99. The van der Waals surface area contributed by atoms with Crippen LogP contribution in [0.25, 0.3) is 0 Å². The van der Waals surface area contributed by atoms with Gasteiger partial charge in [0.2, 0.25) is 0 Å². The molecule has 3 nitrogen and oxygen atoms in total. The molecule has 2 N–H and O–H groups in total. The van der Waals surface area contributed by atoms with Gasteiger partial charge in [-0.1, -0.05) is 6.07 Å². The molecule has 0 atom stereocenters. The summed E-state index contributed by atoms with van der Waals surface area (Å²) in [7, 11) is 3.26. The average Bonchev–Trinajstić information content (AvgIpc) is 2.25. The maximum atomic E-state index is 5.39. The third-order valence-electron chi connectivity index (χ3n) is 1.99. The lowest BCUT2D eigenvalue weighted by Gasteiger charge is -2.08. The minimum atomic E-state index is 0.592. The minimum absolute atomic E-state index is 0.592.